The molecule has 19 heavy (non-hydrogen) atoms. The van der Waals surface area contributed by atoms with Crippen molar-refractivity contribution in [2.45, 2.75) is 11.1 Å². The molecule has 0 unspecified atom stereocenters. The minimum atomic E-state index is -3.81. The Hall–Kier alpha value is -1.93. The molecule has 6 nitrogen and oxygen atoms in total. The van der Waals surface area contributed by atoms with E-state index in [-0.39, 0.29) is 14.9 Å². The minimum absolute atomic E-state index is 0.0295. The molecule has 0 bridgehead atoms. The molecule has 2 aromatic heterocycles. The standard InChI is InChI=1S/C11H10N2O4S2/c1-7-3-2-6-12-10(7)13-19(16,17)9-5-4-8(18-9)11(14)15/h2-6H,1H3,(H,12,13)(H,14,15). The number of pyridine rings is 1. The third kappa shape index (κ3) is 2.91. The zero-order valence-corrected chi connectivity index (χ0v) is 11.5. The van der Waals surface area contributed by atoms with Crippen molar-refractivity contribution in [3.63, 3.8) is 0 Å². The molecule has 0 saturated carbocycles. The molecule has 2 heterocycles. The lowest BCUT2D eigenvalue weighted by molar-refractivity contribution is 0.0702. The van der Waals surface area contributed by atoms with Crippen molar-refractivity contribution in [2.75, 3.05) is 4.72 Å². The minimum Gasteiger partial charge on any atom is -0.477 e. The summed E-state index contributed by atoms with van der Waals surface area (Å²) in [4.78, 5) is 14.6. The van der Waals surface area contributed by atoms with Gasteiger partial charge in [-0.15, -0.1) is 11.3 Å². The van der Waals surface area contributed by atoms with E-state index in [9.17, 15) is 13.2 Å². The van der Waals surface area contributed by atoms with Crippen LogP contribution in [0.4, 0.5) is 5.82 Å². The molecule has 0 aliphatic carbocycles. The van der Waals surface area contributed by atoms with Crippen LogP contribution in [0.15, 0.2) is 34.7 Å². The Morgan fingerprint density at radius 3 is 2.68 bits per heavy atom. The maximum atomic E-state index is 12.1. The molecule has 0 aliphatic rings. The number of sulfonamides is 1. The number of nitrogens with zero attached hydrogens (tertiary/aromatic N) is 1. The molecular weight excluding hydrogens is 288 g/mol. The Kier molecular flexibility index (Phi) is 3.54. The second-order valence-electron chi connectivity index (χ2n) is 3.70. The van der Waals surface area contributed by atoms with Crippen LogP contribution in [-0.2, 0) is 10.0 Å². The van der Waals surface area contributed by atoms with Gasteiger partial charge in [-0.05, 0) is 30.7 Å². The number of carboxylic acid groups (broad SMARTS) is 1. The summed E-state index contributed by atoms with van der Waals surface area (Å²) in [5, 5.41) is 8.78. The average molecular weight is 298 g/mol. The molecule has 2 rings (SSSR count). The first kappa shape index (κ1) is 13.5. The fraction of sp³-hybridized carbons (Fsp3) is 0.0909. The van der Waals surface area contributed by atoms with Gasteiger partial charge < -0.3 is 5.11 Å². The number of thiophene rings is 1. The van der Waals surface area contributed by atoms with Gasteiger partial charge in [0.15, 0.2) is 0 Å². The normalized spacial score (nSPS) is 11.2. The van der Waals surface area contributed by atoms with Gasteiger partial charge in [0.2, 0.25) is 0 Å². The Morgan fingerprint density at radius 1 is 1.37 bits per heavy atom. The monoisotopic (exact) mass is 298 g/mol. The Labute approximate surface area is 113 Å². The average Bonchev–Trinajstić information content (AvgIpc) is 2.82. The van der Waals surface area contributed by atoms with Crippen LogP contribution in [0.25, 0.3) is 0 Å². The van der Waals surface area contributed by atoms with Crippen LogP contribution in [0.5, 0.6) is 0 Å². The lowest BCUT2D eigenvalue weighted by atomic mass is 10.3. The first-order valence-electron chi connectivity index (χ1n) is 5.18. The van der Waals surface area contributed by atoms with Crippen molar-refractivity contribution in [1.82, 2.24) is 4.98 Å². The van der Waals surface area contributed by atoms with Gasteiger partial charge in [-0.1, -0.05) is 6.07 Å². The number of carboxylic acids is 1. The summed E-state index contributed by atoms with van der Waals surface area (Å²) in [6, 6.07) is 5.93. The highest BCUT2D eigenvalue weighted by Crippen LogP contribution is 2.24. The van der Waals surface area contributed by atoms with Crippen LogP contribution < -0.4 is 4.72 Å². The summed E-state index contributed by atoms with van der Waals surface area (Å²) in [6.07, 6.45) is 1.47. The summed E-state index contributed by atoms with van der Waals surface area (Å²) >= 11 is 0.695. The molecule has 0 atom stereocenters. The number of aryl methyl sites for hydroxylation is 1. The number of hydrogen-bond donors (Lipinski definition) is 2. The Morgan fingerprint density at radius 2 is 2.11 bits per heavy atom. The van der Waals surface area contributed by atoms with Gasteiger partial charge in [-0.25, -0.2) is 18.2 Å². The third-order valence-corrected chi connectivity index (χ3v) is 5.20. The number of aromatic nitrogens is 1. The van der Waals surface area contributed by atoms with Crippen molar-refractivity contribution in [3.05, 3.63) is 40.9 Å². The summed E-state index contributed by atoms with van der Waals surface area (Å²) < 4.78 is 26.4. The van der Waals surface area contributed by atoms with Crippen molar-refractivity contribution in [1.29, 1.82) is 0 Å². The molecule has 0 aromatic carbocycles. The fourth-order valence-corrected chi connectivity index (χ4v) is 3.58. The second kappa shape index (κ2) is 4.98. The molecule has 0 saturated heterocycles. The van der Waals surface area contributed by atoms with Crippen LogP contribution in [0, 0.1) is 6.92 Å². The van der Waals surface area contributed by atoms with Crippen LogP contribution in [-0.4, -0.2) is 24.5 Å². The zero-order chi connectivity index (χ0) is 14.0. The Bertz CT molecular complexity index is 722. The molecular formula is C11H10N2O4S2. The summed E-state index contributed by atoms with van der Waals surface area (Å²) in [5.41, 5.74) is 0.682. The highest BCUT2D eigenvalue weighted by Gasteiger charge is 2.20. The Balaban J connectivity index is 2.32. The van der Waals surface area contributed by atoms with Gasteiger partial charge in [-0.2, -0.15) is 0 Å². The van der Waals surface area contributed by atoms with Crippen LogP contribution in [0.3, 0.4) is 0 Å². The predicted molar refractivity (Wildman–Crippen MR) is 71.1 cm³/mol. The van der Waals surface area contributed by atoms with E-state index >= 15 is 0 Å². The SMILES string of the molecule is Cc1cccnc1NS(=O)(=O)c1ccc(C(=O)O)s1. The van der Waals surface area contributed by atoms with Crippen LogP contribution in [0.1, 0.15) is 15.2 Å². The third-order valence-electron chi connectivity index (χ3n) is 2.30. The maximum absolute atomic E-state index is 12.1. The largest absolute Gasteiger partial charge is 0.477 e. The number of hydrogen-bond acceptors (Lipinski definition) is 5. The van der Waals surface area contributed by atoms with Crippen molar-refractivity contribution >= 4 is 33.1 Å². The topological polar surface area (TPSA) is 96.4 Å². The molecule has 0 fully saturated rings. The first-order chi connectivity index (χ1) is 8.90. The van der Waals surface area contributed by atoms with Gasteiger partial charge in [-0.3, -0.25) is 4.72 Å². The highest BCUT2D eigenvalue weighted by atomic mass is 32.2. The molecule has 2 N–H and O–H groups in total. The predicted octanol–water partition coefficient (Wildman–Crippen LogP) is 1.95. The van der Waals surface area contributed by atoms with E-state index in [1.54, 1.807) is 19.1 Å². The van der Waals surface area contributed by atoms with E-state index in [0.29, 0.717) is 16.9 Å². The number of carbonyl (C=O) groups is 1. The zero-order valence-electron chi connectivity index (χ0n) is 9.82. The van der Waals surface area contributed by atoms with Gasteiger partial charge in [0.05, 0.1) is 0 Å². The molecule has 8 heteroatoms. The summed E-state index contributed by atoms with van der Waals surface area (Å²) in [5.74, 6) is -0.923. The number of aromatic carboxylic acids is 1. The van der Waals surface area contributed by atoms with E-state index in [2.05, 4.69) is 9.71 Å². The van der Waals surface area contributed by atoms with Gasteiger partial charge in [0.1, 0.15) is 14.9 Å². The van der Waals surface area contributed by atoms with E-state index in [1.807, 2.05) is 0 Å². The van der Waals surface area contributed by atoms with Gasteiger partial charge in [0.25, 0.3) is 10.0 Å². The molecule has 2 aromatic rings. The first-order valence-corrected chi connectivity index (χ1v) is 7.48. The summed E-state index contributed by atoms with van der Waals surface area (Å²) in [7, 11) is -3.81. The second-order valence-corrected chi connectivity index (χ2v) is 6.69. The van der Waals surface area contributed by atoms with Crippen LogP contribution >= 0.6 is 11.3 Å². The van der Waals surface area contributed by atoms with E-state index in [0.717, 1.165) is 0 Å². The number of nitrogens with one attached hydrogen (secondary N) is 1. The molecule has 0 amide bonds. The van der Waals surface area contributed by atoms with E-state index in [4.69, 9.17) is 5.11 Å². The summed E-state index contributed by atoms with van der Waals surface area (Å²) in [6.45, 7) is 1.72. The van der Waals surface area contributed by atoms with Crippen LogP contribution in [0.2, 0.25) is 0 Å². The fourth-order valence-electron chi connectivity index (χ4n) is 1.35. The van der Waals surface area contributed by atoms with Crippen molar-refractivity contribution in [2.24, 2.45) is 0 Å². The van der Waals surface area contributed by atoms with E-state index in [1.165, 1.54) is 18.3 Å². The highest BCUT2D eigenvalue weighted by molar-refractivity contribution is 7.94. The van der Waals surface area contributed by atoms with Gasteiger partial charge in [0, 0.05) is 6.20 Å². The number of rotatable bonds is 4. The lowest BCUT2D eigenvalue weighted by Gasteiger charge is -2.07. The smallest absolute Gasteiger partial charge is 0.345 e. The van der Waals surface area contributed by atoms with Crippen molar-refractivity contribution in [3.8, 4) is 0 Å². The molecule has 0 radical (unpaired) electrons. The number of anilines is 1. The molecule has 100 valence electrons. The molecule has 0 spiro atoms. The van der Waals surface area contributed by atoms with Gasteiger partial charge >= 0.3 is 5.97 Å². The molecule has 0 aliphatic heterocycles. The van der Waals surface area contributed by atoms with E-state index < -0.39 is 16.0 Å². The van der Waals surface area contributed by atoms with Crippen molar-refractivity contribution < 1.29 is 18.3 Å². The quantitative estimate of drug-likeness (QED) is 0.899. The maximum Gasteiger partial charge on any atom is 0.345 e. The lowest BCUT2D eigenvalue weighted by Crippen LogP contribution is -2.13.